The minimum Gasteiger partial charge on any atom is -0.483 e. The van der Waals surface area contributed by atoms with Gasteiger partial charge in [-0.25, -0.2) is 0 Å². The molecule has 15 heavy (non-hydrogen) atoms. The highest BCUT2D eigenvalue weighted by atomic mass is 79.9. The molecular formula is C11H12BrNO2. The zero-order chi connectivity index (χ0) is 10.7. The number of hydrogen-bond donors (Lipinski definition) is 1. The zero-order valence-corrected chi connectivity index (χ0v) is 9.79. The molecule has 1 aliphatic carbocycles. The minimum absolute atomic E-state index is 0.0479. The van der Waals surface area contributed by atoms with E-state index in [0.717, 1.165) is 17.3 Å². The molecule has 0 heterocycles. The second-order valence-electron chi connectivity index (χ2n) is 3.56. The van der Waals surface area contributed by atoms with Crippen molar-refractivity contribution in [2.24, 2.45) is 0 Å². The van der Waals surface area contributed by atoms with Gasteiger partial charge >= 0.3 is 0 Å². The van der Waals surface area contributed by atoms with E-state index < -0.39 is 0 Å². The van der Waals surface area contributed by atoms with E-state index in [1.54, 1.807) is 0 Å². The van der Waals surface area contributed by atoms with Crippen molar-refractivity contribution in [2.45, 2.75) is 18.9 Å². The molecule has 0 saturated heterocycles. The summed E-state index contributed by atoms with van der Waals surface area (Å²) in [5.41, 5.74) is 0. The quantitative estimate of drug-likeness (QED) is 0.910. The van der Waals surface area contributed by atoms with Crippen LogP contribution < -0.4 is 10.1 Å². The van der Waals surface area contributed by atoms with Crippen LogP contribution in [0.5, 0.6) is 5.75 Å². The lowest BCUT2D eigenvalue weighted by atomic mass is 10.3. The molecule has 0 aliphatic heterocycles. The number of amides is 1. The van der Waals surface area contributed by atoms with Crippen LogP contribution in [0, 0.1) is 0 Å². The van der Waals surface area contributed by atoms with Gasteiger partial charge in [0.25, 0.3) is 5.91 Å². The highest BCUT2D eigenvalue weighted by molar-refractivity contribution is 9.10. The molecule has 0 radical (unpaired) electrons. The van der Waals surface area contributed by atoms with Gasteiger partial charge in [0.05, 0.1) is 4.47 Å². The van der Waals surface area contributed by atoms with E-state index in [4.69, 9.17) is 4.74 Å². The highest BCUT2D eigenvalue weighted by Gasteiger charge is 2.23. The maximum atomic E-state index is 11.3. The van der Waals surface area contributed by atoms with Gasteiger partial charge in [0.15, 0.2) is 6.61 Å². The Labute approximate surface area is 96.9 Å². The van der Waals surface area contributed by atoms with Gasteiger partial charge in [-0.3, -0.25) is 4.79 Å². The first-order chi connectivity index (χ1) is 7.25. The number of halogens is 1. The predicted molar refractivity (Wildman–Crippen MR) is 60.8 cm³/mol. The predicted octanol–water partition coefficient (Wildman–Crippen LogP) is 2.11. The van der Waals surface area contributed by atoms with Crippen molar-refractivity contribution in [1.82, 2.24) is 5.32 Å². The molecule has 0 unspecified atom stereocenters. The van der Waals surface area contributed by atoms with Gasteiger partial charge in [-0.2, -0.15) is 0 Å². The molecule has 0 atom stereocenters. The van der Waals surface area contributed by atoms with E-state index >= 15 is 0 Å². The summed E-state index contributed by atoms with van der Waals surface area (Å²) >= 11 is 3.35. The summed E-state index contributed by atoms with van der Waals surface area (Å²) in [6.45, 7) is 0.0825. The lowest BCUT2D eigenvalue weighted by Gasteiger charge is -2.07. The third-order valence-electron chi connectivity index (χ3n) is 2.14. The lowest BCUT2D eigenvalue weighted by molar-refractivity contribution is -0.123. The van der Waals surface area contributed by atoms with Gasteiger partial charge in [0.1, 0.15) is 5.75 Å². The number of hydrogen-bond acceptors (Lipinski definition) is 2. The average Bonchev–Trinajstić information content (AvgIpc) is 3.00. The van der Waals surface area contributed by atoms with Crippen molar-refractivity contribution >= 4 is 21.8 Å². The van der Waals surface area contributed by atoms with E-state index in [2.05, 4.69) is 21.2 Å². The molecule has 4 heteroatoms. The summed E-state index contributed by atoms with van der Waals surface area (Å²) in [6, 6.07) is 7.88. The van der Waals surface area contributed by atoms with E-state index in [0.29, 0.717) is 11.8 Å². The van der Waals surface area contributed by atoms with Crippen LogP contribution in [0.2, 0.25) is 0 Å². The summed E-state index contributed by atoms with van der Waals surface area (Å²) in [7, 11) is 0. The topological polar surface area (TPSA) is 38.3 Å². The Morgan fingerprint density at radius 1 is 1.47 bits per heavy atom. The van der Waals surface area contributed by atoms with Crippen molar-refractivity contribution in [1.29, 1.82) is 0 Å². The van der Waals surface area contributed by atoms with E-state index in [1.807, 2.05) is 24.3 Å². The van der Waals surface area contributed by atoms with Crippen LogP contribution in [0.4, 0.5) is 0 Å². The molecule has 1 saturated carbocycles. The third kappa shape index (κ3) is 3.23. The monoisotopic (exact) mass is 269 g/mol. The molecule has 3 nitrogen and oxygen atoms in total. The smallest absolute Gasteiger partial charge is 0.258 e. The number of carbonyl (C=O) groups is 1. The van der Waals surface area contributed by atoms with Gasteiger partial charge in [-0.15, -0.1) is 0 Å². The molecule has 1 N–H and O–H groups in total. The Bertz CT molecular complexity index is 363. The first kappa shape index (κ1) is 10.5. The van der Waals surface area contributed by atoms with Crippen molar-refractivity contribution in [3.05, 3.63) is 28.7 Å². The summed E-state index contributed by atoms with van der Waals surface area (Å²) in [5, 5.41) is 2.86. The van der Waals surface area contributed by atoms with Crippen molar-refractivity contribution in [2.75, 3.05) is 6.61 Å². The van der Waals surface area contributed by atoms with Crippen LogP contribution in [0.1, 0.15) is 12.8 Å². The fraction of sp³-hybridized carbons (Fsp3) is 0.364. The van der Waals surface area contributed by atoms with Gasteiger partial charge in [-0.1, -0.05) is 12.1 Å². The number of rotatable bonds is 4. The lowest BCUT2D eigenvalue weighted by Crippen LogP contribution is -2.30. The van der Waals surface area contributed by atoms with Crippen molar-refractivity contribution in [3.63, 3.8) is 0 Å². The molecule has 1 aromatic carbocycles. The molecule has 1 aliphatic rings. The maximum absolute atomic E-state index is 11.3. The number of carbonyl (C=O) groups excluding carboxylic acids is 1. The number of nitrogens with one attached hydrogen (secondary N) is 1. The standard InChI is InChI=1S/C11H12BrNO2/c12-9-3-1-2-4-10(9)15-7-11(14)13-8-5-6-8/h1-4,8H,5-7H2,(H,13,14). The fourth-order valence-electron chi connectivity index (χ4n) is 1.20. The molecule has 1 aromatic rings. The Balaban J connectivity index is 1.81. The Kier molecular flexibility index (Phi) is 3.26. The first-order valence-corrected chi connectivity index (χ1v) is 5.71. The molecule has 80 valence electrons. The van der Waals surface area contributed by atoms with Crippen LogP contribution in [0.25, 0.3) is 0 Å². The molecule has 1 amide bonds. The summed E-state index contributed by atoms with van der Waals surface area (Å²) in [6.07, 6.45) is 2.20. The van der Waals surface area contributed by atoms with Crippen LogP contribution in [-0.4, -0.2) is 18.6 Å². The summed E-state index contributed by atoms with van der Waals surface area (Å²) in [4.78, 5) is 11.3. The fourth-order valence-corrected chi connectivity index (χ4v) is 1.60. The third-order valence-corrected chi connectivity index (χ3v) is 2.79. The normalized spacial score (nSPS) is 14.7. The molecule has 1 fully saturated rings. The number of ether oxygens (including phenoxy) is 1. The molecule has 0 bridgehead atoms. The molecular weight excluding hydrogens is 258 g/mol. The Hall–Kier alpha value is -1.03. The van der Waals surface area contributed by atoms with Gasteiger partial charge < -0.3 is 10.1 Å². The molecule has 0 spiro atoms. The second kappa shape index (κ2) is 4.66. The average molecular weight is 270 g/mol. The Morgan fingerprint density at radius 2 is 2.20 bits per heavy atom. The van der Waals surface area contributed by atoms with Gasteiger partial charge in [0.2, 0.25) is 0 Å². The second-order valence-corrected chi connectivity index (χ2v) is 4.42. The molecule has 2 rings (SSSR count). The van der Waals surface area contributed by atoms with Crippen LogP contribution in [-0.2, 0) is 4.79 Å². The van der Waals surface area contributed by atoms with Crippen LogP contribution in [0.15, 0.2) is 28.7 Å². The van der Waals surface area contributed by atoms with Gasteiger partial charge in [-0.05, 0) is 40.9 Å². The van der Waals surface area contributed by atoms with E-state index in [9.17, 15) is 4.79 Å². The zero-order valence-electron chi connectivity index (χ0n) is 8.20. The number of para-hydroxylation sites is 1. The van der Waals surface area contributed by atoms with E-state index in [-0.39, 0.29) is 12.5 Å². The molecule has 0 aromatic heterocycles. The summed E-state index contributed by atoms with van der Waals surface area (Å²) < 4.78 is 6.23. The SMILES string of the molecule is O=C(COc1ccccc1Br)NC1CC1. The van der Waals surface area contributed by atoms with Gasteiger partial charge in [0, 0.05) is 6.04 Å². The van der Waals surface area contributed by atoms with E-state index in [1.165, 1.54) is 0 Å². The maximum Gasteiger partial charge on any atom is 0.258 e. The van der Waals surface area contributed by atoms with Crippen LogP contribution >= 0.6 is 15.9 Å². The van der Waals surface area contributed by atoms with Crippen molar-refractivity contribution < 1.29 is 9.53 Å². The Morgan fingerprint density at radius 3 is 2.87 bits per heavy atom. The minimum atomic E-state index is -0.0479. The highest BCUT2D eigenvalue weighted by Crippen LogP contribution is 2.23. The summed E-state index contributed by atoms with van der Waals surface area (Å²) in [5.74, 6) is 0.650. The van der Waals surface area contributed by atoms with Crippen LogP contribution in [0.3, 0.4) is 0 Å². The number of benzene rings is 1. The van der Waals surface area contributed by atoms with Crippen molar-refractivity contribution in [3.8, 4) is 5.75 Å². The largest absolute Gasteiger partial charge is 0.483 e. The first-order valence-electron chi connectivity index (χ1n) is 4.92.